The summed E-state index contributed by atoms with van der Waals surface area (Å²) >= 11 is 0. The summed E-state index contributed by atoms with van der Waals surface area (Å²) in [5.74, 6) is 0.194. The molecule has 0 radical (unpaired) electrons. The molecule has 5 nitrogen and oxygen atoms in total. The molecule has 0 spiro atoms. The molecule has 2 heterocycles. The maximum atomic E-state index is 13.1. The van der Waals surface area contributed by atoms with Crippen LogP contribution >= 0.6 is 0 Å². The first-order chi connectivity index (χ1) is 14.4. The van der Waals surface area contributed by atoms with Gasteiger partial charge < -0.3 is 14.4 Å². The normalized spacial score (nSPS) is 14.5. The van der Waals surface area contributed by atoms with Crippen LogP contribution in [0.1, 0.15) is 23.0 Å². The van der Waals surface area contributed by atoms with Gasteiger partial charge in [0, 0.05) is 6.07 Å². The summed E-state index contributed by atoms with van der Waals surface area (Å²) < 4.78 is 49.6. The highest BCUT2D eigenvalue weighted by molar-refractivity contribution is 6.09. The second kappa shape index (κ2) is 7.85. The van der Waals surface area contributed by atoms with Gasteiger partial charge in [0.25, 0.3) is 5.91 Å². The van der Waals surface area contributed by atoms with E-state index in [0.29, 0.717) is 17.9 Å². The third-order valence-electron chi connectivity index (χ3n) is 4.84. The highest BCUT2D eigenvalue weighted by atomic mass is 19.4. The van der Waals surface area contributed by atoms with Gasteiger partial charge in [-0.1, -0.05) is 36.4 Å². The van der Waals surface area contributed by atoms with Crippen LogP contribution in [0.3, 0.4) is 0 Å². The standard InChI is InChI=1S/C22H19F3N2O3/c1-2-29-17-11-10-14-6-3-4-7-16(14)20(17)21(28)27-12-15(13-27)30-19-9-5-8-18(26-19)22(23,24)25/h3-11,15H,2,12-13H2,1H3. The molecule has 0 unspecified atom stereocenters. The number of hydrogen-bond donors (Lipinski definition) is 0. The zero-order valence-corrected chi connectivity index (χ0v) is 16.1. The van der Waals surface area contributed by atoms with Crippen LogP contribution in [0.5, 0.6) is 11.6 Å². The predicted molar refractivity (Wildman–Crippen MR) is 105 cm³/mol. The third kappa shape index (κ3) is 3.90. The Morgan fingerprint density at radius 1 is 1.10 bits per heavy atom. The Kier molecular flexibility index (Phi) is 5.24. The van der Waals surface area contributed by atoms with Gasteiger partial charge in [0.1, 0.15) is 17.5 Å². The van der Waals surface area contributed by atoms with Crippen LogP contribution < -0.4 is 9.47 Å². The van der Waals surface area contributed by atoms with Gasteiger partial charge in [0.2, 0.25) is 5.88 Å². The fourth-order valence-corrected chi connectivity index (χ4v) is 3.39. The Labute approximate surface area is 171 Å². The number of ether oxygens (including phenoxy) is 2. The second-order valence-electron chi connectivity index (χ2n) is 6.90. The van der Waals surface area contributed by atoms with Crippen LogP contribution in [0.25, 0.3) is 10.8 Å². The summed E-state index contributed by atoms with van der Waals surface area (Å²) in [6.45, 7) is 2.78. The average Bonchev–Trinajstić information content (AvgIpc) is 2.69. The molecule has 1 aromatic heterocycles. The highest BCUT2D eigenvalue weighted by Crippen LogP contribution is 2.32. The molecule has 1 fully saturated rings. The van der Waals surface area contributed by atoms with Crippen molar-refractivity contribution in [3.63, 3.8) is 0 Å². The van der Waals surface area contributed by atoms with Gasteiger partial charge >= 0.3 is 6.18 Å². The number of fused-ring (bicyclic) bond motifs is 1. The van der Waals surface area contributed by atoms with Crippen molar-refractivity contribution in [2.24, 2.45) is 0 Å². The van der Waals surface area contributed by atoms with Gasteiger partial charge in [-0.05, 0) is 29.8 Å². The number of benzene rings is 2. The van der Waals surface area contributed by atoms with E-state index in [4.69, 9.17) is 9.47 Å². The molecular formula is C22H19F3N2O3. The van der Waals surface area contributed by atoms with E-state index in [9.17, 15) is 18.0 Å². The van der Waals surface area contributed by atoms with E-state index in [1.54, 1.807) is 11.0 Å². The van der Waals surface area contributed by atoms with Gasteiger partial charge in [-0.25, -0.2) is 4.98 Å². The number of halogens is 3. The number of carbonyl (C=O) groups excluding carboxylic acids is 1. The van der Waals surface area contributed by atoms with Crippen molar-refractivity contribution < 1.29 is 27.4 Å². The van der Waals surface area contributed by atoms with Gasteiger partial charge in [0.05, 0.1) is 25.3 Å². The number of pyridine rings is 1. The highest BCUT2D eigenvalue weighted by Gasteiger charge is 2.36. The molecule has 0 saturated carbocycles. The summed E-state index contributed by atoms with van der Waals surface area (Å²) in [6, 6.07) is 14.7. The number of aromatic nitrogens is 1. The number of nitrogens with zero attached hydrogens (tertiary/aromatic N) is 2. The van der Waals surface area contributed by atoms with E-state index in [1.165, 1.54) is 12.1 Å². The van der Waals surface area contributed by atoms with E-state index in [-0.39, 0.29) is 24.9 Å². The average molecular weight is 416 g/mol. The lowest BCUT2D eigenvalue weighted by Gasteiger charge is -2.39. The summed E-state index contributed by atoms with van der Waals surface area (Å²) in [6.07, 6.45) is -4.96. The molecule has 1 aliphatic heterocycles. The topological polar surface area (TPSA) is 51.7 Å². The van der Waals surface area contributed by atoms with Crippen LogP contribution in [0, 0.1) is 0 Å². The maximum Gasteiger partial charge on any atom is 0.433 e. The Morgan fingerprint density at radius 3 is 2.60 bits per heavy atom. The van der Waals surface area contributed by atoms with Crippen LogP contribution in [0.15, 0.2) is 54.6 Å². The number of carbonyl (C=O) groups is 1. The molecule has 1 amide bonds. The zero-order chi connectivity index (χ0) is 21.3. The maximum absolute atomic E-state index is 13.1. The molecule has 30 heavy (non-hydrogen) atoms. The number of amides is 1. The minimum atomic E-state index is -4.54. The molecule has 0 N–H and O–H groups in total. The minimum Gasteiger partial charge on any atom is -0.493 e. The first-order valence-electron chi connectivity index (χ1n) is 9.51. The largest absolute Gasteiger partial charge is 0.493 e. The number of likely N-dealkylation sites (tertiary alicyclic amines) is 1. The smallest absolute Gasteiger partial charge is 0.433 e. The Balaban J connectivity index is 1.49. The molecule has 1 aliphatic rings. The Morgan fingerprint density at radius 2 is 1.87 bits per heavy atom. The van der Waals surface area contributed by atoms with Gasteiger partial charge in [0.15, 0.2) is 0 Å². The molecule has 0 aliphatic carbocycles. The Bertz CT molecular complexity index is 1080. The number of alkyl halides is 3. The third-order valence-corrected chi connectivity index (χ3v) is 4.84. The van der Waals surface area contributed by atoms with Crippen LogP contribution in [0.2, 0.25) is 0 Å². The van der Waals surface area contributed by atoms with Gasteiger partial charge in [-0.3, -0.25) is 4.79 Å². The second-order valence-corrected chi connectivity index (χ2v) is 6.90. The van der Waals surface area contributed by atoms with E-state index in [1.807, 2.05) is 37.3 Å². The zero-order valence-electron chi connectivity index (χ0n) is 16.1. The molecule has 1 saturated heterocycles. The number of hydrogen-bond acceptors (Lipinski definition) is 4. The molecule has 0 bridgehead atoms. The summed E-state index contributed by atoms with van der Waals surface area (Å²) in [4.78, 5) is 18.2. The van der Waals surface area contributed by atoms with E-state index < -0.39 is 18.0 Å². The van der Waals surface area contributed by atoms with E-state index in [0.717, 1.165) is 16.8 Å². The minimum absolute atomic E-state index is 0.109. The van der Waals surface area contributed by atoms with Gasteiger partial charge in [-0.15, -0.1) is 0 Å². The molecule has 3 aromatic rings. The van der Waals surface area contributed by atoms with Crippen molar-refractivity contribution in [3.8, 4) is 11.6 Å². The lowest BCUT2D eigenvalue weighted by molar-refractivity contribution is -0.141. The Hall–Kier alpha value is -3.29. The van der Waals surface area contributed by atoms with Crippen molar-refractivity contribution in [1.82, 2.24) is 9.88 Å². The first kappa shape index (κ1) is 20.0. The van der Waals surface area contributed by atoms with Crippen molar-refractivity contribution in [2.75, 3.05) is 19.7 Å². The lowest BCUT2D eigenvalue weighted by atomic mass is 10.0. The van der Waals surface area contributed by atoms with Crippen LogP contribution in [-0.4, -0.2) is 41.6 Å². The van der Waals surface area contributed by atoms with Crippen LogP contribution in [0.4, 0.5) is 13.2 Å². The van der Waals surface area contributed by atoms with Crippen LogP contribution in [-0.2, 0) is 6.18 Å². The van der Waals surface area contributed by atoms with Crippen molar-refractivity contribution in [1.29, 1.82) is 0 Å². The monoisotopic (exact) mass is 416 g/mol. The van der Waals surface area contributed by atoms with Crippen molar-refractivity contribution in [2.45, 2.75) is 19.2 Å². The number of rotatable bonds is 5. The predicted octanol–water partition coefficient (Wildman–Crippen LogP) is 4.56. The summed E-state index contributed by atoms with van der Waals surface area (Å²) in [7, 11) is 0. The molecule has 8 heteroatoms. The SMILES string of the molecule is CCOc1ccc2ccccc2c1C(=O)N1CC(Oc2cccc(C(F)(F)F)n2)C1. The quantitative estimate of drug-likeness (QED) is 0.612. The molecule has 156 valence electrons. The lowest BCUT2D eigenvalue weighted by Crippen LogP contribution is -2.56. The fraction of sp³-hybridized carbons (Fsp3) is 0.273. The van der Waals surface area contributed by atoms with E-state index >= 15 is 0 Å². The molecule has 4 rings (SSSR count). The molecular weight excluding hydrogens is 397 g/mol. The van der Waals surface area contributed by atoms with Crippen molar-refractivity contribution >= 4 is 16.7 Å². The van der Waals surface area contributed by atoms with E-state index in [2.05, 4.69) is 4.98 Å². The van der Waals surface area contributed by atoms with Crippen molar-refractivity contribution in [3.05, 3.63) is 65.9 Å². The molecule has 0 atom stereocenters. The first-order valence-corrected chi connectivity index (χ1v) is 9.51. The summed E-state index contributed by atoms with van der Waals surface area (Å²) in [5, 5.41) is 1.71. The van der Waals surface area contributed by atoms with Gasteiger partial charge in [-0.2, -0.15) is 13.2 Å². The summed E-state index contributed by atoms with van der Waals surface area (Å²) in [5.41, 5.74) is -0.532. The molecule has 2 aromatic carbocycles. The fourth-order valence-electron chi connectivity index (χ4n) is 3.39.